The molecule has 0 aliphatic carbocycles. The lowest BCUT2D eigenvalue weighted by Crippen LogP contribution is -1.83. The molecule has 0 saturated carbocycles. The molecule has 0 aliphatic rings. The minimum atomic E-state index is -0.565. The number of rotatable bonds is 2. The van der Waals surface area contributed by atoms with Crippen LogP contribution in [0.25, 0.3) is 0 Å². The largest absolute Gasteiger partial charge is 0.197 e. The highest BCUT2D eigenvalue weighted by molar-refractivity contribution is 5.10. The minimum absolute atomic E-state index is 0.565. The van der Waals surface area contributed by atoms with Crippen molar-refractivity contribution in [3.05, 3.63) is 12.2 Å². The molecule has 0 fully saturated rings. The third kappa shape index (κ3) is 3.32. The molecule has 0 amide bonds. The van der Waals surface area contributed by atoms with E-state index < -0.39 is 5.92 Å². The highest BCUT2D eigenvalue weighted by Gasteiger charge is 1.94. The van der Waals surface area contributed by atoms with E-state index >= 15 is 0 Å². The van der Waals surface area contributed by atoms with Gasteiger partial charge in [0.05, 0.1) is 12.1 Å². The van der Waals surface area contributed by atoms with E-state index in [-0.39, 0.29) is 0 Å². The molecular weight excluding hydrogens is 112 g/mol. The van der Waals surface area contributed by atoms with Crippen molar-refractivity contribution in [2.75, 3.05) is 0 Å². The maximum atomic E-state index is 8.23. The van der Waals surface area contributed by atoms with Gasteiger partial charge in [0.1, 0.15) is 0 Å². The zero-order valence-electron chi connectivity index (χ0n) is 5.33. The second-order valence-corrected chi connectivity index (χ2v) is 1.57. The van der Waals surface area contributed by atoms with Crippen LogP contribution in [0.4, 0.5) is 0 Å². The van der Waals surface area contributed by atoms with Crippen molar-refractivity contribution in [3.63, 3.8) is 0 Å². The molecule has 0 saturated heterocycles. The van der Waals surface area contributed by atoms with Gasteiger partial charge in [0, 0.05) is 0 Å². The molecule has 0 heterocycles. The van der Waals surface area contributed by atoms with Gasteiger partial charge in [0.15, 0.2) is 5.92 Å². The molecular formula is C7H8N2. The summed E-state index contributed by atoms with van der Waals surface area (Å²) in [6.07, 6.45) is 4.30. The first-order valence-corrected chi connectivity index (χ1v) is 2.81. The average molecular weight is 120 g/mol. The Labute approximate surface area is 55.0 Å². The number of hydrogen-bond donors (Lipinski definition) is 0. The number of nitrogens with zero attached hydrogens (tertiary/aromatic N) is 2. The highest BCUT2D eigenvalue weighted by atomic mass is 14.3. The summed E-state index contributed by atoms with van der Waals surface area (Å²) in [4.78, 5) is 0. The van der Waals surface area contributed by atoms with E-state index in [1.54, 1.807) is 6.08 Å². The van der Waals surface area contributed by atoms with Crippen LogP contribution in [0.3, 0.4) is 0 Å². The third-order valence-electron chi connectivity index (χ3n) is 0.842. The molecule has 2 heteroatoms. The van der Waals surface area contributed by atoms with Crippen LogP contribution in [0.15, 0.2) is 12.2 Å². The summed E-state index contributed by atoms with van der Waals surface area (Å²) < 4.78 is 0. The molecule has 0 radical (unpaired) electrons. The van der Waals surface area contributed by atoms with E-state index in [1.807, 2.05) is 25.1 Å². The Morgan fingerprint density at radius 3 is 2.33 bits per heavy atom. The van der Waals surface area contributed by atoms with Crippen LogP contribution in [0, 0.1) is 28.6 Å². The standard InChI is InChI=1S/C7H8N2/c1-2-3-4-7(5-8)6-9/h3-4,7H,2H2,1H3. The Morgan fingerprint density at radius 1 is 1.44 bits per heavy atom. The first kappa shape index (κ1) is 7.72. The molecule has 0 rings (SSSR count). The second-order valence-electron chi connectivity index (χ2n) is 1.57. The van der Waals surface area contributed by atoms with Gasteiger partial charge >= 0.3 is 0 Å². The predicted octanol–water partition coefficient (Wildman–Crippen LogP) is 1.62. The van der Waals surface area contributed by atoms with Crippen LogP contribution in [0.5, 0.6) is 0 Å². The Morgan fingerprint density at radius 2 is 2.00 bits per heavy atom. The summed E-state index contributed by atoms with van der Waals surface area (Å²) >= 11 is 0. The summed E-state index contributed by atoms with van der Waals surface area (Å²) in [6.45, 7) is 1.96. The molecule has 0 aromatic rings. The molecule has 0 aromatic heterocycles. The van der Waals surface area contributed by atoms with E-state index in [2.05, 4.69) is 0 Å². The molecule has 0 spiro atoms. The van der Waals surface area contributed by atoms with Crippen molar-refractivity contribution in [1.29, 1.82) is 10.5 Å². The Balaban J connectivity index is 3.77. The van der Waals surface area contributed by atoms with Crippen molar-refractivity contribution in [1.82, 2.24) is 0 Å². The second kappa shape index (κ2) is 4.87. The SMILES string of the molecule is CCC=CC(C#N)C#N. The van der Waals surface area contributed by atoms with Gasteiger partial charge in [0.2, 0.25) is 0 Å². The average Bonchev–Trinajstić information content (AvgIpc) is 1.91. The monoisotopic (exact) mass is 120 g/mol. The van der Waals surface area contributed by atoms with E-state index in [9.17, 15) is 0 Å². The molecule has 0 N–H and O–H groups in total. The van der Waals surface area contributed by atoms with Crippen molar-refractivity contribution in [2.45, 2.75) is 13.3 Å². The smallest absolute Gasteiger partial charge is 0.151 e. The summed E-state index contributed by atoms with van der Waals surface area (Å²) in [6, 6.07) is 3.68. The first-order valence-electron chi connectivity index (χ1n) is 2.81. The van der Waals surface area contributed by atoms with Crippen LogP contribution in [0.2, 0.25) is 0 Å². The van der Waals surface area contributed by atoms with Crippen molar-refractivity contribution < 1.29 is 0 Å². The van der Waals surface area contributed by atoms with Gasteiger partial charge in [-0.15, -0.1) is 0 Å². The molecule has 0 aromatic carbocycles. The zero-order valence-corrected chi connectivity index (χ0v) is 5.33. The zero-order chi connectivity index (χ0) is 7.11. The number of hydrogen-bond acceptors (Lipinski definition) is 2. The molecule has 0 aliphatic heterocycles. The topological polar surface area (TPSA) is 47.6 Å². The Kier molecular flexibility index (Phi) is 4.18. The normalized spacial score (nSPS) is 9.33. The minimum Gasteiger partial charge on any atom is -0.197 e. The Bertz CT molecular complexity index is 154. The van der Waals surface area contributed by atoms with Crippen LogP contribution in [-0.4, -0.2) is 0 Å². The molecule has 9 heavy (non-hydrogen) atoms. The summed E-state index contributed by atoms with van der Waals surface area (Å²) in [5.41, 5.74) is 0. The van der Waals surface area contributed by atoms with Crippen molar-refractivity contribution in [2.24, 2.45) is 5.92 Å². The fourth-order valence-electron chi connectivity index (χ4n) is 0.387. The molecule has 2 nitrogen and oxygen atoms in total. The number of nitriles is 2. The fourth-order valence-corrected chi connectivity index (χ4v) is 0.387. The molecule has 0 atom stereocenters. The quantitative estimate of drug-likeness (QED) is 0.520. The maximum Gasteiger partial charge on any atom is 0.151 e. The van der Waals surface area contributed by atoms with Gasteiger partial charge in [-0.2, -0.15) is 10.5 Å². The molecule has 0 unspecified atom stereocenters. The van der Waals surface area contributed by atoms with Crippen LogP contribution in [0.1, 0.15) is 13.3 Å². The fraction of sp³-hybridized carbons (Fsp3) is 0.429. The summed E-state index contributed by atoms with van der Waals surface area (Å²) in [7, 11) is 0. The molecule has 0 bridgehead atoms. The van der Waals surface area contributed by atoms with Crippen LogP contribution >= 0.6 is 0 Å². The van der Waals surface area contributed by atoms with Crippen LogP contribution in [-0.2, 0) is 0 Å². The lowest BCUT2D eigenvalue weighted by atomic mass is 10.2. The highest BCUT2D eigenvalue weighted by Crippen LogP contribution is 1.94. The predicted molar refractivity (Wildman–Crippen MR) is 34.1 cm³/mol. The summed E-state index contributed by atoms with van der Waals surface area (Å²) in [5.74, 6) is -0.565. The Hall–Kier alpha value is -1.28. The lowest BCUT2D eigenvalue weighted by Gasteiger charge is -1.83. The van der Waals surface area contributed by atoms with Gasteiger partial charge in [-0.05, 0) is 6.42 Å². The van der Waals surface area contributed by atoms with Crippen molar-refractivity contribution >= 4 is 0 Å². The van der Waals surface area contributed by atoms with Crippen molar-refractivity contribution in [3.8, 4) is 12.1 Å². The van der Waals surface area contributed by atoms with Gasteiger partial charge in [-0.1, -0.05) is 19.1 Å². The van der Waals surface area contributed by atoms with Gasteiger partial charge in [-0.3, -0.25) is 0 Å². The van der Waals surface area contributed by atoms with E-state index in [0.717, 1.165) is 6.42 Å². The third-order valence-corrected chi connectivity index (χ3v) is 0.842. The van der Waals surface area contributed by atoms with E-state index in [0.29, 0.717) is 0 Å². The van der Waals surface area contributed by atoms with Crippen LogP contribution < -0.4 is 0 Å². The first-order chi connectivity index (χ1) is 4.35. The maximum absolute atomic E-state index is 8.23. The van der Waals surface area contributed by atoms with Gasteiger partial charge in [0.25, 0.3) is 0 Å². The van der Waals surface area contributed by atoms with E-state index in [1.165, 1.54) is 0 Å². The number of allylic oxidation sites excluding steroid dienone is 2. The summed E-state index contributed by atoms with van der Waals surface area (Å²) in [5, 5.41) is 16.5. The van der Waals surface area contributed by atoms with Gasteiger partial charge < -0.3 is 0 Å². The van der Waals surface area contributed by atoms with E-state index in [4.69, 9.17) is 10.5 Å². The lowest BCUT2D eigenvalue weighted by molar-refractivity contribution is 1.07. The molecule has 46 valence electrons. The van der Waals surface area contributed by atoms with Gasteiger partial charge in [-0.25, -0.2) is 0 Å².